The summed E-state index contributed by atoms with van der Waals surface area (Å²) < 4.78 is 10.2. The normalized spacial score (nSPS) is 15.8. The molecule has 5 heteroatoms. The molecule has 1 aromatic carbocycles. The van der Waals surface area contributed by atoms with E-state index >= 15 is 0 Å². The van der Waals surface area contributed by atoms with E-state index in [-0.39, 0.29) is 12.6 Å². The van der Waals surface area contributed by atoms with E-state index in [1.807, 2.05) is 13.8 Å². The number of likely N-dealkylation sites (tertiary alicyclic amines) is 1. The maximum absolute atomic E-state index is 11.3. The highest BCUT2D eigenvalue weighted by Crippen LogP contribution is 2.25. The Bertz CT molecular complexity index is 558. The number of hydrogen-bond acceptors (Lipinski definition) is 5. The second kappa shape index (κ2) is 10.5. The van der Waals surface area contributed by atoms with Crippen LogP contribution in [0.25, 0.3) is 0 Å². The fourth-order valence-electron chi connectivity index (χ4n) is 3.71. The summed E-state index contributed by atoms with van der Waals surface area (Å²) in [5.41, 5.74) is 3.37. The van der Waals surface area contributed by atoms with Gasteiger partial charge in [-0.25, -0.2) is 4.79 Å². The molecule has 2 rings (SSSR count). The Balaban J connectivity index is 1.78. The number of nitrogens with zero attached hydrogens (tertiary/aromatic N) is 1. The molecule has 0 atom stereocenters. The fourth-order valence-corrected chi connectivity index (χ4v) is 3.71. The number of nitrogens with one attached hydrogen (secondary N) is 1. The number of ether oxygens (including phenoxy) is 2. The number of methoxy groups -OCH3 is 1. The van der Waals surface area contributed by atoms with Crippen molar-refractivity contribution in [3.05, 3.63) is 28.8 Å². The zero-order valence-corrected chi connectivity index (χ0v) is 16.8. The Labute approximate surface area is 158 Å². The molecule has 1 saturated heterocycles. The summed E-state index contributed by atoms with van der Waals surface area (Å²) >= 11 is 0. The van der Waals surface area contributed by atoms with Gasteiger partial charge in [0, 0.05) is 6.54 Å². The van der Waals surface area contributed by atoms with Crippen molar-refractivity contribution in [3.63, 3.8) is 0 Å². The van der Waals surface area contributed by atoms with Gasteiger partial charge in [0.05, 0.1) is 7.11 Å². The van der Waals surface area contributed by atoms with Gasteiger partial charge in [-0.1, -0.05) is 19.1 Å². The summed E-state index contributed by atoms with van der Waals surface area (Å²) in [6.07, 6.45) is 3.84. The number of benzene rings is 1. The Morgan fingerprint density at radius 3 is 2.46 bits per heavy atom. The van der Waals surface area contributed by atoms with E-state index in [0.29, 0.717) is 0 Å². The molecule has 1 aliphatic heterocycles. The van der Waals surface area contributed by atoms with Crippen LogP contribution >= 0.6 is 0 Å². The summed E-state index contributed by atoms with van der Waals surface area (Å²) in [6.45, 7) is 11.9. The van der Waals surface area contributed by atoms with Crippen LogP contribution in [0.3, 0.4) is 0 Å². The van der Waals surface area contributed by atoms with Crippen LogP contribution in [0.4, 0.5) is 0 Å². The third-order valence-corrected chi connectivity index (χ3v) is 5.09. The topological polar surface area (TPSA) is 50.8 Å². The van der Waals surface area contributed by atoms with E-state index < -0.39 is 0 Å². The third-order valence-electron chi connectivity index (χ3n) is 5.09. The van der Waals surface area contributed by atoms with E-state index in [1.165, 1.54) is 51.6 Å². The number of carbonyl (C=O) groups excluding carboxylic acids is 1. The number of esters is 1. The first-order valence-corrected chi connectivity index (χ1v) is 9.76. The minimum atomic E-state index is -0.362. The van der Waals surface area contributed by atoms with E-state index in [9.17, 15) is 4.79 Å². The first-order chi connectivity index (χ1) is 12.5. The molecule has 0 bridgehead atoms. The summed E-state index contributed by atoms with van der Waals surface area (Å²) in [5.74, 6) is 1.20. The molecule has 0 aliphatic carbocycles. The lowest BCUT2D eigenvalue weighted by atomic mass is 9.96. The van der Waals surface area contributed by atoms with E-state index in [1.54, 1.807) is 0 Å². The van der Waals surface area contributed by atoms with Crippen LogP contribution in [0.5, 0.6) is 5.75 Å². The molecular formula is C21H34N2O3. The van der Waals surface area contributed by atoms with Gasteiger partial charge in [-0.05, 0) is 81.9 Å². The number of piperidine rings is 1. The van der Waals surface area contributed by atoms with Crippen molar-refractivity contribution in [1.29, 1.82) is 0 Å². The van der Waals surface area contributed by atoms with E-state index in [4.69, 9.17) is 4.74 Å². The predicted octanol–water partition coefficient (Wildman–Crippen LogP) is 3.07. The summed E-state index contributed by atoms with van der Waals surface area (Å²) in [7, 11) is 1.37. The van der Waals surface area contributed by atoms with Crippen molar-refractivity contribution < 1.29 is 14.3 Å². The van der Waals surface area contributed by atoms with Gasteiger partial charge in [-0.15, -0.1) is 0 Å². The van der Waals surface area contributed by atoms with Gasteiger partial charge >= 0.3 is 5.97 Å². The molecule has 26 heavy (non-hydrogen) atoms. The molecule has 1 fully saturated rings. The lowest BCUT2D eigenvalue weighted by molar-refractivity contribution is -0.142. The molecule has 0 radical (unpaired) electrons. The monoisotopic (exact) mass is 362 g/mol. The first-order valence-electron chi connectivity index (χ1n) is 9.76. The highest BCUT2D eigenvalue weighted by Gasteiger charge is 2.18. The van der Waals surface area contributed by atoms with Gasteiger partial charge < -0.3 is 19.7 Å². The van der Waals surface area contributed by atoms with Gasteiger partial charge in [-0.3, -0.25) is 0 Å². The van der Waals surface area contributed by atoms with Crippen LogP contribution in [0.2, 0.25) is 0 Å². The molecular weight excluding hydrogens is 328 g/mol. The molecule has 146 valence electrons. The second-order valence-electron chi connectivity index (χ2n) is 7.34. The van der Waals surface area contributed by atoms with Gasteiger partial charge in [0.15, 0.2) is 6.61 Å². The van der Waals surface area contributed by atoms with Crippen molar-refractivity contribution in [2.24, 2.45) is 5.92 Å². The Hall–Kier alpha value is -1.59. The molecule has 1 N–H and O–H groups in total. The van der Waals surface area contributed by atoms with Crippen molar-refractivity contribution in [3.8, 4) is 5.75 Å². The first kappa shape index (κ1) is 20.7. The van der Waals surface area contributed by atoms with Crippen LogP contribution in [0, 0.1) is 19.8 Å². The average Bonchev–Trinajstić information content (AvgIpc) is 2.62. The zero-order valence-electron chi connectivity index (χ0n) is 16.8. The lowest BCUT2D eigenvalue weighted by Crippen LogP contribution is -2.37. The molecule has 0 unspecified atom stereocenters. The molecule has 1 aromatic rings. The van der Waals surface area contributed by atoms with Crippen molar-refractivity contribution in [2.75, 3.05) is 39.9 Å². The van der Waals surface area contributed by atoms with Gasteiger partial charge in [-0.2, -0.15) is 0 Å². The zero-order chi connectivity index (χ0) is 18.9. The molecule has 0 amide bonds. The maximum atomic E-state index is 11.3. The summed E-state index contributed by atoms with van der Waals surface area (Å²) in [4.78, 5) is 13.8. The molecule has 1 aliphatic rings. The smallest absolute Gasteiger partial charge is 0.343 e. The van der Waals surface area contributed by atoms with Crippen LogP contribution in [-0.4, -0.2) is 50.8 Å². The predicted molar refractivity (Wildman–Crippen MR) is 105 cm³/mol. The lowest BCUT2D eigenvalue weighted by Gasteiger charge is -2.31. The van der Waals surface area contributed by atoms with Gasteiger partial charge in [0.2, 0.25) is 0 Å². The van der Waals surface area contributed by atoms with Crippen LogP contribution in [0.15, 0.2) is 12.1 Å². The molecule has 0 saturated carbocycles. The molecule has 0 aromatic heterocycles. The van der Waals surface area contributed by atoms with Crippen molar-refractivity contribution in [1.82, 2.24) is 10.2 Å². The molecule has 1 heterocycles. The SMILES string of the molecule is CCCN1CCC(CNCc2cc(C)c(OCC(=O)OC)c(C)c2)CC1. The molecule has 0 spiro atoms. The van der Waals surface area contributed by atoms with Gasteiger partial charge in [0.1, 0.15) is 5.75 Å². The fraction of sp³-hybridized carbons (Fsp3) is 0.667. The highest BCUT2D eigenvalue weighted by molar-refractivity contribution is 5.71. The van der Waals surface area contributed by atoms with Crippen LogP contribution < -0.4 is 10.1 Å². The molecule has 5 nitrogen and oxygen atoms in total. The number of hydrogen-bond donors (Lipinski definition) is 1. The number of rotatable bonds is 9. The van der Waals surface area contributed by atoms with Gasteiger partial charge in [0.25, 0.3) is 0 Å². The number of carbonyl (C=O) groups is 1. The number of aryl methyl sites for hydroxylation is 2. The minimum absolute atomic E-state index is 0.0491. The van der Waals surface area contributed by atoms with Crippen molar-refractivity contribution in [2.45, 2.75) is 46.6 Å². The third kappa shape index (κ3) is 6.29. The Kier molecular flexibility index (Phi) is 8.39. The average molecular weight is 363 g/mol. The highest BCUT2D eigenvalue weighted by atomic mass is 16.6. The largest absolute Gasteiger partial charge is 0.481 e. The quantitative estimate of drug-likeness (QED) is 0.684. The Morgan fingerprint density at radius 2 is 1.88 bits per heavy atom. The second-order valence-corrected chi connectivity index (χ2v) is 7.34. The summed E-state index contributed by atoms with van der Waals surface area (Å²) in [6, 6.07) is 4.27. The maximum Gasteiger partial charge on any atom is 0.343 e. The van der Waals surface area contributed by atoms with E-state index in [0.717, 1.165) is 35.9 Å². The van der Waals surface area contributed by atoms with Crippen LogP contribution in [0.1, 0.15) is 42.9 Å². The Morgan fingerprint density at radius 1 is 1.23 bits per heavy atom. The minimum Gasteiger partial charge on any atom is -0.481 e. The van der Waals surface area contributed by atoms with Crippen LogP contribution in [-0.2, 0) is 16.1 Å². The standard InChI is InChI=1S/C21H34N2O3/c1-5-8-23-9-6-18(7-10-23)13-22-14-19-11-16(2)21(17(3)12-19)26-15-20(24)25-4/h11-12,18,22H,5-10,13-15H2,1-4H3. The van der Waals surface area contributed by atoms with Crippen molar-refractivity contribution >= 4 is 5.97 Å². The summed E-state index contributed by atoms with van der Waals surface area (Å²) in [5, 5.41) is 3.62. The van der Waals surface area contributed by atoms with E-state index in [2.05, 4.69) is 34.0 Å².